The van der Waals surface area contributed by atoms with Crippen molar-refractivity contribution >= 4 is 5.69 Å². The molecule has 3 nitrogen and oxygen atoms in total. The average Bonchev–Trinajstić information content (AvgIpc) is 2.50. The molecule has 0 unspecified atom stereocenters. The van der Waals surface area contributed by atoms with Gasteiger partial charge in [0.2, 0.25) is 0 Å². The number of anilines is 1. The zero-order chi connectivity index (χ0) is 12.9. The number of nitrogens with zero attached hydrogens (tertiary/aromatic N) is 2. The zero-order valence-electron chi connectivity index (χ0n) is 10.9. The van der Waals surface area contributed by atoms with Crippen LogP contribution in [0.5, 0.6) is 5.75 Å². The Labute approximate surface area is 114 Å². The molecule has 1 saturated heterocycles. The van der Waals surface area contributed by atoms with Crippen LogP contribution in [0.15, 0.2) is 60.7 Å². The number of hydrogen-bond donors (Lipinski definition) is 0. The van der Waals surface area contributed by atoms with Crippen LogP contribution in [-0.4, -0.2) is 31.2 Å². The lowest BCUT2D eigenvalue weighted by Gasteiger charge is -2.35. The molecule has 1 aliphatic rings. The first-order valence-corrected chi connectivity index (χ1v) is 6.70. The fourth-order valence-electron chi connectivity index (χ4n) is 2.31. The summed E-state index contributed by atoms with van der Waals surface area (Å²) in [4.78, 5) is 8.24. The van der Waals surface area contributed by atoms with Crippen molar-refractivity contribution in [2.45, 2.75) is 0 Å². The maximum Gasteiger partial charge on any atom is 0.147 e. The van der Waals surface area contributed by atoms with Crippen LogP contribution in [-0.2, 0) is 0 Å². The smallest absolute Gasteiger partial charge is 0.147 e. The van der Waals surface area contributed by atoms with Crippen molar-refractivity contribution < 1.29 is 4.84 Å². The molecule has 0 aromatic heterocycles. The number of rotatable bonds is 3. The van der Waals surface area contributed by atoms with Crippen LogP contribution in [0, 0.1) is 0 Å². The summed E-state index contributed by atoms with van der Waals surface area (Å²) in [5.41, 5.74) is 1.29. The Kier molecular flexibility index (Phi) is 3.65. The van der Waals surface area contributed by atoms with Crippen LogP contribution in [0.1, 0.15) is 0 Å². The van der Waals surface area contributed by atoms with Crippen molar-refractivity contribution in [3.63, 3.8) is 0 Å². The topological polar surface area (TPSA) is 15.7 Å². The predicted octanol–water partition coefficient (Wildman–Crippen LogP) is 2.80. The molecule has 0 bridgehead atoms. The zero-order valence-corrected chi connectivity index (χ0v) is 10.9. The highest BCUT2D eigenvalue weighted by atomic mass is 16.7. The first-order valence-electron chi connectivity index (χ1n) is 6.70. The van der Waals surface area contributed by atoms with Gasteiger partial charge in [0.15, 0.2) is 0 Å². The van der Waals surface area contributed by atoms with Gasteiger partial charge in [0.05, 0.1) is 13.1 Å². The molecule has 1 fully saturated rings. The molecule has 0 aliphatic carbocycles. The van der Waals surface area contributed by atoms with E-state index in [1.165, 1.54) is 5.69 Å². The third-order valence-corrected chi connectivity index (χ3v) is 3.34. The number of piperazine rings is 1. The lowest BCUT2D eigenvalue weighted by molar-refractivity contribution is -0.0619. The number of para-hydroxylation sites is 2. The fraction of sp³-hybridized carbons (Fsp3) is 0.250. The van der Waals surface area contributed by atoms with Gasteiger partial charge in [-0.1, -0.05) is 36.4 Å². The van der Waals surface area contributed by atoms with Gasteiger partial charge in [-0.25, -0.2) is 0 Å². The Morgan fingerprint density at radius 3 is 1.89 bits per heavy atom. The summed E-state index contributed by atoms with van der Waals surface area (Å²) in [6, 6.07) is 20.5. The second-order valence-corrected chi connectivity index (χ2v) is 4.66. The Morgan fingerprint density at radius 2 is 1.26 bits per heavy atom. The largest absolute Gasteiger partial charge is 0.406 e. The van der Waals surface area contributed by atoms with Gasteiger partial charge in [-0.15, -0.1) is 5.06 Å². The molecule has 1 heterocycles. The van der Waals surface area contributed by atoms with E-state index >= 15 is 0 Å². The fourth-order valence-corrected chi connectivity index (χ4v) is 2.31. The molecule has 1 aliphatic heterocycles. The Hall–Kier alpha value is -2.00. The number of benzene rings is 2. The number of hydroxylamine groups is 2. The summed E-state index contributed by atoms with van der Waals surface area (Å²) in [5, 5.41) is 2.04. The van der Waals surface area contributed by atoms with Gasteiger partial charge in [-0.3, -0.25) is 0 Å². The lowest BCUT2D eigenvalue weighted by Crippen LogP contribution is -2.47. The van der Waals surface area contributed by atoms with E-state index in [1.807, 2.05) is 35.4 Å². The molecule has 3 rings (SSSR count). The van der Waals surface area contributed by atoms with Crippen LogP contribution < -0.4 is 9.74 Å². The molecule has 98 valence electrons. The molecule has 0 spiro atoms. The van der Waals surface area contributed by atoms with Gasteiger partial charge in [0.1, 0.15) is 5.75 Å². The molecule has 19 heavy (non-hydrogen) atoms. The van der Waals surface area contributed by atoms with E-state index in [4.69, 9.17) is 4.84 Å². The van der Waals surface area contributed by atoms with Gasteiger partial charge >= 0.3 is 0 Å². The maximum atomic E-state index is 5.85. The highest BCUT2D eigenvalue weighted by molar-refractivity contribution is 5.46. The molecule has 3 heteroatoms. The summed E-state index contributed by atoms with van der Waals surface area (Å²) in [6.45, 7) is 3.83. The predicted molar refractivity (Wildman–Crippen MR) is 77.3 cm³/mol. The van der Waals surface area contributed by atoms with E-state index in [9.17, 15) is 0 Å². The summed E-state index contributed by atoms with van der Waals surface area (Å²) >= 11 is 0. The quantitative estimate of drug-likeness (QED) is 0.837. The molecule has 0 saturated carbocycles. The second-order valence-electron chi connectivity index (χ2n) is 4.66. The van der Waals surface area contributed by atoms with Gasteiger partial charge < -0.3 is 9.74 Å². The normalized spacial score (nSPS) is 16.3. The third-order valence-electron chi connectivity index (χ3n) is 3.34. The van der Waals surface area contributed by atoms with Crippen molar-refractivity contribution in [3.8, 4) is 5.75 Å². The summed E-state index contributed by atoms with van der Waals surface area (Å²) in [5.74, 6) is 0.913. The Bertz CT molecular complexity index is 493. The van der Waals surface area contributed by atoms with E-state index in [2.05, 4.69) is 35.2 Å². The molecule has 0 radical (unpaired) electrons. The van der Waals surface area contributed by atoms with Crippen molar-refractivity contribution in [3.05, 3.63) is 60.7 Å². The van der Waals surface area contributed by atoms with E-state index in [0.717, 1.165) is 31.9 Å². The molecule has 2 aromatic rings. The SMILES string of the molecule is c1ccc(ON2CCN(c3ccccc3)CC2)cc1. The highest BCUT2D eigenvalue weighted by Crippen LogP contribution is 2.17. The molecule has 0 amide bonds. The van der Waals surface area contributed by atoms with Crippen LogP contribution in [0.4, 0.5) is 5.69 Å². The van der Waals surface area contributed by atoms with Gasteiger partial charge in [-0.2, -0.15) is 0 Å². The van der Waals surface area contributed by atoms with Crippen LogP contribution in [0.25, 0.3) is 0 Å². The molecule has 0 atom stereocenters. The molecular formula is C16H18N2O. The standard InChI is InChI=1S/C16H18N2O/c1-3-7-15(8-4-1)17-11-13-18(14-12-17)19-16-9-5-2-6-10-16/h1-10H,11-14H2. The van der Waals surface area contributed by atoms with Crippen molar-refractivity contribution in [1.29, 1.82) is 0 Å². The Balaban J connectivity index is 1.55. The van der Waals surface area contributed by atoms with E-state index in [-0.39, 0.29) is 0 Å². The van der Waals surface area contributed by atoms with E-state index < -0.39 is 0 Å². The third kappa shape index (κ3) is 3.06. The molecule has 2 aromatic carbocycles. The summed E-state index contributed by atoms with van der Waals surface area (Å²) < 4.78 is 0. The first-order chi connectivity index (χ1) is 9.42. The first kappa shape index (κ1) is 12.1. The van der Waals surface area contributed by atoms with Crippen molar-refractivity contribution in [1.82, 2.24) is 5.06 Å². The van der Waals surface area contributed by atoms with Gasteiger partial charge in [-0.05, 0) is 24.3 Å². The van der Waals surface area contributed by atoms with Gasteiger partial charge in [0.25, 0.3) is 0 Å². The Morgan fingerprint density at radius 1 is 0.684 bits per heavy atom. The van der Waals surface area contributed by atoms with Crippen molar-refractivity contribution in [2.75, 3.05) is 31.1 Å². The summed E-state index contributed by atoms with van der Waals surface area (Å²) in [7, 11) is 0. The van der Waals surface area contributed by atoms with E-state index in [1.54, 1.807) is 0 Å². The van der Waals surface area contributed by atoms with Gasteiger partial charge in [0, 0.05) is 18.8 Å². The summed E-state index contributed by atoms with van der Waals surface area (Å²) in [6.07, 6.45) is 0. The van der Waals surface area contributed by atoms with E-state index in [0.29, 0.717) is 0 Å². The molecular weight excluding hydrogens is 236 g/mol. The van der Waals surface area contributed by atoms with Crippen molar-refractivity contribution in [2.24, 2.45) is 0 Å². The minimum atomic E-state index is 0.913. The minimum Gasteiger partial charge on any atom is -0.406 e. The average molecular weight is 254 g/mol. The molecule has 0 N–H and O–H groups in total. The van der Waals surface area contributed by atoms with Crippen LogP contribution >= 0.6 is 0 Å². The minimum absolute atomic E-state index is 0.913. The lowest BCUT2D eigenvalue weighted by atomic mass is 10.2. The second kappa shape index (κ2) is 5.76. The highest BCUT2D eigenvalue weighted by Gasteiger charge is 2.18. The number of hydrogen-bond acceptors (Lipinski definition) is 3. The monoisotopic (exact) mass is 254 g/mol. The van der Waals surface area contributed by atoms with Crippen LogP contribution in [0.3, 0.4) is 0 Å². The van der Waals surface area contributed by atoms with Crippen LogP contribution in [0.2, 0.25) is 0 Å². The maximum absolute atomic E-state index is 5.85.